The summed E-state index contributed by atoms with van der Waals surface area (Å²) in [6.45, 7) is 5.22. The van der Waals surface area contributed by atoms with Crippen molar-refractivity contribution in [2.75, 3.05) is 36.6 Å². The first kappa shape index (κ1) is 20.2. The molecule has 3 rings (SSSR count). The smallest absolute Gasteiger partial charge is 0.244 e. The van der Waals surface area contributed by atoms with Crippen LogP contribution in [0.1, 0.15) is 20.3 Å². The molecule has 1 N–H and O–H groups in total. The van der Waals surface area contributed by atoms with Gasteiger partial charge in [-0.25, -0.2) is 8.42 Å². The molecule has 9 heteroatoms. The topological polar surface area (TPSA) is 86.8 Å². The van der Waals surface area contributed by atoms with E-state index in [-0.39, 0.29) is 23.3 Å². The highest BCUT2D eigenvalue weighted by Crippen LogP contribution is 2.27. The van der Waals surface area contributed by atoms with Crippen LogP contribution in [-0.2, 0) is 19.6 Å². The van der Waals surface area contributed by atoms with E-state index in [1.54, 1.807) is 16.4 Å². The molecule has 2 heterocycles. The Kier molecular flexibility index (Phi) is 6.12. The van der Waals surface area contributed by atoms with E-state index in [1.165, 1.54) is 28.8 Å². The maximum Gasteiger partial charge on any atom is 0.244 e. The summed E-state index contributed by atoms with van der Waals surface area (Å²) in [6.07, 6.45) is 1.04. The van der Waals surface area contributed by atoms with Gasteiger partial charge in [-0.05, 0) is 42.5 Å². The van der Waals surface area contributed by atoms with E-state index >= 15 is 0 Å². The van der Waals surface area contributed by atoms with Crippen molar-refractivity contribution in [3.63, 3.8) is 0 Å². The molecule has 1 aromatic rings. The number of benzene rings is 1. The molecule has 0 saturated carbocycles. The van der Waals surface area contributed by atoms with Crippen LogP contribution in [0, 0.1) is 11.8 Å². The lowest BCUT2D eigenvalue weighted by atomic mass is 9.94. The fraction of sp³-hybridized carbons (Fsp3) is 0.556. The summed E-state index contributed by atoms with van der Waals surface area (Å²) in [5, 5.41) is 2.71. The molecule has 2 fully saturated rings. The normalized spacial score (nSPS) is 24.2. The van der Waals surface area contributed by atoms with Gasteiger partial charge in [-0.3, -0.25) is 9.59 Å². The highest BCUT2D eigenvalue weighted by atomic mass is 32.2. The molecule has 0 radical (unpaired) electrons. The van der Waals surface area contributed by atoms with Gasteiger partial charge in [0, 0.05) is 18.8 Å². The minimum Gasteiger partial charge on any atom is -0.325 e. The number of carbonyl (C=O) groups excluding carboxylic acids is 2. The number of rotatable bonds is 5. The van der Waals surface area contributed by atoms with E-state index in [4.69, 9.17) is 0 Å². The number of anilines is 1. The maximum atomic E-state index is 12.9. The third kappa shape index (κ3) is 4.83. The Morgan fingerprint density at radius 2 is 1.81 bits per heavy atom. The van der Waals surface area contributed by atoms with Crippen LogP contribution >= 0.6 is 11.8 Å². The molecule has 7 nitrogen and oxygen atoms in total. The average molecular weight is 412 g/mol. The predicted octanol–water partition coefficient (Wildman–Crippen LogP) is 1.82. The van der Waals surface area contributed by atoms with Gasteiger partial charge >= 0.3 is 0 Å². The largest absolute Gasteiger partial charge is 0.325 e. The minimum atomic E-state index is -3.53. The summed E-state index contributed by atoms with van der Waals surface area (Å²) in [7, 11) is -3.53. The second-order valence-corrected chi connectivity index (χ2v) is 10.3. The minimum absolute atomic E-state index is 0.00936. The zero-order valence-corrected chi connectivity index (χ0v) is 17.2. The standard InChI is InChI=1S/C18H25N3O4S2/c1-13-7-14(2)9-21(8-13)27(24,25)16-5-3-15(4-6-16)19-17(22)10-20-12-26-11-18(20)23/h3-6,13-14H,7-12H2,1-2H3,(H,19,22)/t13-,14-/m1/s1. The molecule has 0 aromatic heterocycles. The molecule has 27 heavy (non-hydrogen) atoms. The fourth-order valence-corrected chi connectivity index (χ4v) is 6.16. The zero-order chi connectivity index (χ0) is 19.6. The zero-order valence-electron chi connectivity index (χ0n) is 15.6. The number of piperidine rings is 1. The maximum absolute atomic E-state index is 12.9. The van der Waals surface area contributed by atoms with Gasteiger partial charge in [0.05, 0.1) is 16.5 Å². The first-order chi connectivity index (χ1) is 12.8. The van der Waals surface area contributed by atoms with Crippen LogP contribution in [0.3, 0.4) is 0 Å². The lowest BCUT2D eigenvalue weighted by Crippen LogP contribution is -2.42. The molecule has 1 aromatic carbocycles. The van der Waals surface area contributed by atoms with Crippen molar-refractivity contribution >= 4 is 39.3 Å². The summed E-state index contributed by atoms with van der Waals surface area (Å²) < 4.78 is 27.3. The highest BCUT2D eigenvalue weighted by Gasteiger charge is 2.31. The lowest BCUT2D eigenvalue weighted by Gasteiger charge is -2.34. The Morgan fingerprint density at radius 3 is 2.37 bits per heavy atom. The SMILES string of the molecule is C[C@@H]1C[C@@H](C)CN(S(=O)(=O)c2ccc(NC(=O)CN3CSCC3=O)cc2)C1. The summed E-state index contributed by atoms with van der Waals surface area (Å²) >= 11 is 1.48. The van der Waals surface area contributed by atoms with E-state index in [9.17, 15) is 18.0 Å². The Hall–Kier alpha value is -1.58. The molecule has 2 aliphatic rings. The highest BCUT2D eigenvalue weighted by molar-refractivity contribution is 8.00. The van der Waals surface area contributed by atoms with E-state index in [1.807, 2.05) is 0 Å². The van der Waals surface area contributed by atoms with Gasteiger partial charge in [0.15, 0.2) is 0 Å². The van der Waals surface area contributed by atoms with Crippen LogP contribution in [0.2, 0.25) is 0 Å². The van der Waals surface area contributed by atoms with Gasteiger partial charge in [0.1, 0.15) is 6.54 Å². The number of carbonyl (C=O) groups is 2. The molecule has 2 saturated heterocycles. The summed E-state index contributed by atoms with van der Waals surface area (Å²) in [4.78, 5) is 25.4. The van der Waals surface area contributed by atoms with Crippen LogP contribution < -0.4 is 5.32 Å². The second-order valence-electron chi connectivity index (χ2n) is 7.41. The monoisotopic (exact) mass is 411 g/mol. The van der Waals surface area contributed by atoms with Crippen molar-refractivity contribution in [1.82, 2.24) is 9.21 Å². The molecule has 148 valence electrons. The van der Waals surface area contributed by atoms with Crippen LogP contribution in [-0.4, -0.2) is 60.7 Å². The van der Waals surface area contributed by atoms with E-state index in [0.717, 1.165) is 6.42 Å². The van der Waals surface area contributed by atoms with Gasteiger partial charge < -0.3 is 10.2 Å². The van der Waals surface area contributed by atoms with Gasteiger partial charge in [0.2, 0.25) is 21.8 Å². The van der Waals surface area contributed by atoms with Gasteiger partial charge in [-0.1, -0.05) is 13.8 Å². The summed E-state index contributed by atoms with van der Waals surface area (Å²) in [6, 6.07) is 6.21. The number of amides is 2. The molecular formula is C18H25N3O4S2. The summed E-state index contributed by atoms with van der Waals surface area (Å²) in [5.41, 5.74) is 0.513. The molecule has 0 bridgehead atoms. The number of hydrogen-bond donors (Lipinski definition) is 1. The molecule has 0 unspecified atom stereocenters. The lowest BCUT2D eigenvalue weighted by molar-refractivity contribution is -0.130. The van der Waals surface area contributed by atoms with Gasteiger partial charge in [-0.15, -0.1) is 11.8 Å². The van der Waals surface area contributed by atoms with Crippen LogP contribution in [0.25, 0.3) is 0 Å². The molecule has 2 amide bonds. The number of hydrogen-bond acceptors (Lipinski definition) is 5. The van der Waals surface area contributed by atoms with Crippen molar-refractivity contribution in [3.05, 3.63) is 24.3 Å². The number of sulfonamides is 1. The van der Waals surface area contributed by atoms with Crippen molar-refractivity contribution < 1.29 is 18.0 Å². The first-order valence-corrected chi connectivity index (χ1v) is 11.6. The molecule has 2 atom stereocenters. The predicted molar refractivity (Wildman–Crippen MR) is 106 cm³/mol. The summed E-state index contributed by atoms with van der Waals surface area (Å²) in [5.74, 6) is 1.28. The second kappa shape index (κ2) is 8.20. The van der Waals surface area contributed by atoms with Crippen LogP contribution in [0.5, 0.6) is 0 Å². The molecular weight excluding hydrogens is 386 g/mol. The van der Waals surface area contributed by atoms with Crippen LogP contribution in [0.4, 0.5) is 5.69 Å². The van der Waals surface area contributed by atoms with E-state index in [2.05, 4.69) is 19.2 Å². The number of nitrogens with one attached hydrogen (secondary N) is 1. The Bertz CT molecular complexity index is 800. The van der Waals surface area contributed by atoms with Gasteiger partial charge in [-0.2, -0.15) is 4.31 Å². The molecule has 0 spiro atoms. The van der Waals surface area contributed by atoms with Crippen molar-refractivity contribution in [3.8, 4) is 0 Å². The Labute approximate surface area is 164 Å². The quantitative estimate of drug-likeness (QED) is 0.799. The van der Waals surface area contributed by atoms with E-state index < -0.39 is 10.0 Å². The van der Waals surface area contributed by atoms with Crippen molar-refractivity contribution in [2.45, 2.75) is 25.2 Å². The number of thioether (sulfide) groups is 1. The molecule has 2 aliphatic heterocycles. The first-order valence-electron chi connectivity index (χ1n) is 9.01. The Balaban J connectivity index is 1.64. The fourth-order valence-electron chi connectivity index (χ4n) is 3.58. The third-order valence-corrected chi connectivity index (χ3v) is 7.56. The Morgan fingerprint density at radius 1 is 1.19 bits per heavy atom. The number of nitrogens with zero attached hydrogens (tertiary/aromatic N) is 2. The molecule has 0 aliphatic carbocycles. The van der Waals surface area contributed by atoms with E-state index in [0.29, 0.717) is 42.2 Å². The third-order valence-electron chi connectivity index (χ3n) is 4.77. The van der Waals surface area contributed by atoms with Gasteiger partial charge in [0.25, 0.3) is 0 Å². The van der Waals surface area contributed by atoms with Crippen LogP contribution in [0.15, 0.2) is 29.2 Å². The van der Waals surface area contributed by atoms with Crippen molar-refractivity contribution in [1.29, 1.82) is 0 Å². The van der Waals surface area contributed by atoms with Crippen molar-refractivity contribution in [2.24, 2.45) is 11.8 Å². The average Bonchev–Trinajstić information content (AvgIpc) is 2.99.